The number of nitrogens with zero attached hydrogens (tertiary/aromatic N) is 7. The Balaban J connectivity index is 1.55. The van der Waals surface area contributed by atoms with Gasteiger partial charge in [0.2, 0.25) is 5.84 Å². The van der Waals surface area contributed by atoms with E-state index < -0.39 is 0 Å². The molecule has 38 heavy (non-hydrogen) atoms. The molecule has 0 radical (unpaired) electrons. The molecule has 0 amide bonds. The molecule has 11 heteroatoms. The molecule has 0 aliphatic carbocycles. The molecule has 0 atom stereocenters. The molecule has 2 N–H and O–H groups in total. The van der Waals surface area contributed by atoms with Gasteiger partial charge in [-0.25, -0.2) is 14.4 Å². The van der Waals surface area contributed by atoms with Gasteiger partial charge in [0.15, 0.2) is 24.0 Å². The van der Waals surface area contributed by atoms with Crippen molar-refractivity contribution in [3.63, 3.8) is 0 Å². The number of fused-ring (bicyclic) bond motifs is 1. The van der Waals surface area contributed by atoms with Crippen LogP contribution in [0.25, 0.3) is 27.4 Å². The van der Waals surface area contributed by atoms with Crippen LogP contribution in [0.1, 0.15) is 5.56 Å². The number of nitrogens with one attached hydrogen (secondary N) is 2. The summed E-state index contributed by atoms with van der Waals surface area (Å²) >= 11 is 0. The fourth-order valence-electron chi connectivity index (χ4n) is 3.82. The summed E-state index contributed by atoms with van der Waals surface area (Å²) in [6, 6.07) is 17.9. The number of aromatic nitrogens is 5. The fourth-order valence-corrected chi connectivity index (χ4v) is 3.82. The van der Waals surface area contributed by atoms with Gasteiger partial charge in [0, 0.05) is 36.1 Å². The van der Waals surface area contributed by atoms with Crippen molar-refractivity contribution in [1.29, 1.82) is 0 Å². The second-order valence-electron chi connectivity index (χ2n) is 8.08. The van der Waals surface area contributed by atoms with Crippen molar-refractivity contribution >= 4 is 28.2 Å². The van der Waals surface area contributed by atoms with Gasteiger partial charge < -0.3 is 10.1 Å². The summed E-state index contributed by atoms with van der Waals surface area (Å²) in [6.07, 6.45) is 4.89. The van der Waals surface area contributed by atoms with Crippen LogP contribution in [0.4, 0.5) is 15.9 Å². The third-order valence-electron chi connectivity index (χ3n) is 5.67. The second kappa shape index (κ2) is 11.1. The van der Waals surface area contributed by atoms with Gasteiger partial charge in [0.05, 0.1) is 23.2 Å². The molecule has 0 saturated carbocycles. The van der Waals surface area contributed by atoms with E-state index in [1.54, 1.807) is 60.7 Å². The van der Waals surface area contributed by atoms with E-state index in [0.717, 1.165) is 16.6 Å². The maximum Gasteiger partial charge on any atom is 0.305 e. The van der Waals surface area contributed by atoms with Crippen LogP contribution in [-0.4, -0.2) is 44.2 Å². The lowest BCUT2D eigenvalue weighted by molar-refractivity contribution is 0.372. The van der Waals surface area contributed by atoms with E-state index in [4.69, 9.17) is 21.4 Å². The van der Waals surface area contributed by atoms with E-state index in [1.165, 1.54) is 6.07 Å². The average Bonchev–Trinajstić information content (AvgIpc) is 3.31. The molecule has 3 heterocycles. The molecule has 0 saturated heterocycles. The zero-order valence-electron chi connectivity index (χ0n) is 20.4. The summed E-state index contributed by atoms with van der Waals surface area (Å²) in [6.45, 7) is 5.52. The van der Waals surface area contributed by atoms with Crippen molar-refractivity contribution < 1.29 is 9.13 Å². The second-order valence-corrected chi connectivity index (χ2v) is 8.08. The molecule has 188 valence electrons. The summed E-state index contributed by atoms with van der Waals surface area (Å²) < 4.78 is 22.1. The Morgan fingerprint density at radius 3 is 2.68 bits per heavy atom. The summed E-state index contributed by atoms with van der Waals surface area (Å²) in [7, 11) is 1.59. The summed E-state index contributed by atoms with van der Waals surface area (Å²) in [5, 5.41) is 8.86. The number of hydrogen-bond acceptors (Lipinski definition) is 7. The lowest BCUT2D eigenvalue weighted by Gasteiger charge is -2.12. The average molecular weight is 509 g/mol. The zero-order valence-corrected chi connectivity index (χ0v) is 20.4. The third-order valence-corrected chi connectivity index (χ3v) is 5.67. The molecule has 0 aliphatic heterocycles. The standard InChI is InChI=1S/C27H23FN9O/c1-29-24(35-30-2)17-38-23-15-32-27(34-26(23)33-19-11-13-31-14-12-19)25-20-8-4-6-10-22(20)37(36-25)16-18-7-3-5-9-21(18)28/h2-15H,16-17H2,1H3,(H,29,35)(H,31,32,33,34)/q+1. The Morgan fingerprint density at radius 1 is 1.11 bits per heavy atom. The number of hydrogen-bond donors (Lipinski definition) is 2. The van der Waals surface area contributed by atoms with Gasteiger partial charge >= 0.3 is 6.57 Å². The highest BCUT2D eigenvalue weighted by Gasteiger charge is 2.19. The first-order valence-corrected chi connectivity index (χ1v) is 11.6. The van der Waals surface area contributed by atoms with Crippen molar-refractivity contribution in [2.45, 2.75) is 6.54 Å². The zero-order chi connectivity index (χ0) is 26.3. The molecule has 0 fully saturated rings. The van der Waals surface area contributed by atoms with Crippen LogP contribution in [0.15, 0.2) is 84.2 Å². The Hall–Kier alpha value is -5.37. The minimum atomic E-state index is -0.290. The highest BCUT2D eigenvalue weighted by Crippen LogP contribution is 2.31. The van der Waals surface area contributed by atoms with Crippen LogP contribution < -0.4 is 15.5 Å². The number of benzene rings is 2. The lowest BCUT2D eigenvalue weighted by Crippen LogP contribution is -2.23. The maximum absolute atomic E-state index is 14.4. The summed E-state index contributed by atoms with van der Waals surface area (Å²) in [4.78, 5) is 20.8. The monoisotopic (exact) mass is 508 g/mol. The van der Waals surface area contributed by atoms with Gasteiger partial charge in [0.25, 0.3) is 0 Å². The topological polar surface area (TPSA) is 106 Å². The number of aliphatic imine (C=N–C) groups is 1. The molecule has 10 nitrogen and oxygen atoms in total. The minimum absolute atomic E-state index is 0.0606. The SMILES string of the molecule is C#[N+]NC(COc1cnc(-c2nn(Cc3ccccc3F)c3ccccc23)nc1Nc1ccncc1)=NC. The number of amidine groups is 1. The van der Waals surface area contributed by atoms with E-state index in [0.29, 0.717) is 34.5 Å². The number of pyridine rings is 1. The van der Waals surface area contributed by atoms with Crippen LogP contribution in [0.3, 0.4) is 0 Å². The number of para-hydroxylation sites is 1. The normalized spacial score (nSPS) is 11.2. The van der Waals surface area contributed by atoms with Crippen molar-refractivity contribution in [2.24, 2.45) is 4.99 Å². The molecule has 0 bridgehead atoms. The van der Waals surface area contributed by atoms with Crippen molar-refractivity contribution in [2.75, 3.05) is 19.0 Å². The molecule has 0 aliphatic rings. The summed E-state index contributed by atoms with van der Waals surface area (Å²) in [5.41, 5.74) is 5.25. The molecule has 0 unspecified atom stereocenters. The first-order chi connectivity index (χ1) is 18.7. The predicted octanol–water partition coefficient (Wildman–Crippen LogP) is 4.69. The molecule has 3 aromatic heterocycles. The summed E-state index contributed by atoms with van der Waals surface area (Å²) in [5.74, 6) is 1.29. The van der Waals surface area contributed by atoms with Crippen LogP contribution in [0.2, 0.25) is 0 Å². The fraction of sp³-hybridized carbons (Fsp3) is 0.111. The number of rotatable bonds is 8. The number of ether oxygens (including phenoxy) is 1. The Labute approximate surface area is 217 Å². The van der Waals surface area contributed by atoms with Crippen LogP contribution in [0.5, 0.6) is 5.75 Å². The van der Waals surface area contributed by atoms with Crippen molar-refractivity contribution in [1.82, 2.24) is 30.2 Å². The highest BCUT2D eigenvalue weighted by molar-refractivity contribution is 5.92. The third kappa shape index (κ3) is 5.24. The first kappa shape index (κ1) is 24.3. The van der Waals surface area contributed by atoms with E-state index >= 15 is 0 Å². The highest BCUT2D eigenvalue weighted by atomic mass is 19.1. The smallest absolute Gasteiger partial charge is 0.305 e. The number of halogens is 1. The predicted molar refractivity (Wildman–Crippen MR) is 144 cm³/mol. The Morgan fingerprint density at radius 2 is 1.89 bits per heavy atom. The Bertz CT molecular complexity index is 1640. The van der Waals surface area contributed by atoms with Gasteiger partial charge in [0.1, 0.15) is 11.5 Å². The molecular weight excluding hydrogens is 485 g/mol. The lowest BCUT2D eigenvalue weighted by atomic mass is 10.2. The molecule has 2 aromatic carbocycles. The van der Waals surface area contributed by atoms with Gasteiger partial charge in [-0.05, 0) is 29.7 Å². The quantitative estimate of drug-likeness (QED) is 0.178. The van der Waals surface area contributed by atoms with Gasteiger partial charge in [-0.3, -0.25) is 14.7 Å². The van der Waals surface area contributed by atoms with Crippen LogP contribution in [0, 0.1) is 12.4 Å². The van der Waals surface area contributed by atoms with Crippen LogP contribution >= 0.6 is 0 Å². The minimum Gasteiger partial charge on any atom is -0.480 e. The van der Waals surface area contributed by atoms with Crippen molar-refractivity contribution in [3.8, 4) is 23.8 Å². The molecule has 5 aromatic rings. The maximum atomic E-state index is 14.4. The van der Waals surface area contributed by atoms with E-state index in [-0.39, 0.29) is 19.0 Å². The van der Waals surface area contributed by atoms with E-state index in [9.17, 15) is 4.39 Å². The molecule has 0 spiro atoms. The van der Waals surface area contributed by atoms with Crippen molar-refractivity contribution in [3.05, 3.63) is 95.6 Å². The number of anilines is 2. The van der Waals surface area contributed by atoms with Gasteiger partial charge in [-0.15, -0.1) is 0 Å². The molecular formula is C27H23FN9O+. The van der Waals surface area contributed by atoms with E-state index in [1.807, 2.05) is 24.3 Å². The Kier molecular flexibility index (Phi) is 7.13. The van der Waals surface area contributed by atoms with Gasteiger partial charge in [-0.2, -0.15) is 5.10 Å². The van der Waals surface area contributed by atoms with Gasteiger partial charge in [-0.1, -0.05) is 36.4 Å². The van der Waals surface area contributed by atoms with E-state index in [2.05, 4.69) is 30.7 Å². The first-order valence-electron chi connectivity index (χ1n) is 11.6. The van der Waals surface area contributed by atoms with Crippen LogP contribution in [-0.2, 0) is 6.54 Å². The molecule has 5 rings (SSSR count). The largest absolute Gasteiger partial charge is 0.480 e.